The van der Waals surface area contributed by atoms with Crippen LogP contribution in [-0.2, 0) is 11.3 Å². The molecule has 8 heteroatoms. The average Bonchev–Trinajstić information content (AvgIpc) is 3.22. The second kappa shape index (κ2) is 7.64. The van der Waals surface area contributed by atoms with Crippen LogP contribution in [0.4, 0.5) is 5.69 Å². The minimum atomic E-state index is -0.326. The number of benzene rings is 2. The Morgan fingerprint density at radius 3 is 2.70 bits per heavy atom. The van der Waals surface area contributed by atoms with E-state index in [1.807, 2.05) is 36.4 Å². The minimum Gasteiger partial charge on any atom is -0.486 e. The van der Waals surface area contributed by atoms with Crippen molar-refractivity contribution >= 4 is 33.1 Å². The summed E-state index contributed by atoms with van der Waals surface area (Å²) in [4.78, 5) is 31.4. The molecule has 3 heterocycles. The number of rotatable bonds is 4. The highest BCUT2D eigenvalue weighted by Gasteiger charge is 2.15. The lowest BCUT2D eigenvalue weighted by molar-refractivity contribution is -0.116. The van der Waals surface area contributed by atoms with Gasteiger partial charge in [-0.15, -0.1) is 11.3 Å². The number of carbonyl (C=O) groups excluding carboxylic acids is 1. The Hall–Kier alpha value is -3.65. The van der Waals surface area contributed by atoms with Crippen molar-refractivity contribution in [3.05, 3.63) is 71.3 Å². The van der Waals surface area contributed by atoms with Gasteiger partial charge in [0.2, 0.25) is 5.91 Å². The van der Waals surface area contributed by atoms with Crippen LogP contribution in [0.15, 0.2) is 65.7 Å². The Labute approximate surface area is 175 Å². The third-order valence-electron chi connectivity index (χ3n) is 4.72. The summed E-state index contributed by atoms with van der Waals surface area (Å²) in [5, 5.41) is 3.30. The molecule has 0 aliphatic carbocycles. The van der Waals surface area contributed by atoms with Crippen molar-refractivity contribution < 1.29 is 14.3 Å². The van der Waals surface area contributed by atoms with Crippen molar-refractivity contribution in [3.8, 4) is 21.9 Å². The zero-order valence-corrected chi connectivity index (χ0v) is 16.6. The van der Waals surface area contributed by atoms with Crippen LogP contribution in [0.3, 0.4) is 0 Å². The van der Waals surface area contributed by atoms with Gasteiger partial charge in [-0.3, -0.25) is 14.2 Å². The fourth-order valence-corrected chi connectivity index (χ4v) is 4.29. The highest BCUT2D eigenvalue weighted by atomic mass is 32.1. The normalized spacial score (nSPS) is 12.7. The first-order valence-electron chi connectivity index (χ1n) is 9.41. The van der Waals surface area contributed by atoms with E-state index in [0.717, 1.165) is 10.4 Å². The number of amides is 1. The predicted octanol–water partition coefficient (Wildman–Crippen LogP) is 3.53. The van der Waals surface area contributed by atoms with E-state index in [1.165, 1.54) is 22.2 Å². The highest BCUT2D eigenvalue weighted by Crippen LogP contribution is 2.33. The van der Waals surface area contributed by atoms with Crippen LogP contribution >= 0.6 is 11.3 Å². The van der Waals surface area contributed by atoms with Gasteiger partial charge in [0.25, 0.3) is 5.56 Å². The summed E-state index contributed by atoms with van der Waals surface area (Å²) in [5.74, 6) is 0.913. The third kappa shape index (κ3) is 3.53. The van der Waals surface area contributed by atoms with Crippen LogP contribution in [0.1, 0.15) is 0 Å². The molecule has 0 saturated heterocycles. The van der Waals surface area contributed by atoms with Crippen LogP contribution in [0.2, 0.25) is 0 Å². The Balaban J connectivity index is 1.36. The summed E-state index contributed by atoms with van der Waals surface area (Å²) in [5.41, 5.74) is 1.37. The van der Waals surface area contributed by atoms with Crippen molar-refractivity contribution in [1.29, 1.82) is 0 Å². The Bertz CT molecular complexity index is 1300. The molecule has 30 heavy (non-hydrogen) atoms. The second-order valence-electron chi connectivity index (χ2n) is 6.78. The topological polar surface area (TPSA) is 82.5 Å². The van der Waals surface area contributed by atoms with E-state index >= 15 is 0 Å². The summed E-state index contributed by atoms with van der Waals surface area (Å²) in [6.45, 7) is 0.843. The van der Waals surface area contributed by atoms with Gasteiger partial charge in [-0.25, -0.2) is 4.98 Å². The number of aromatic nitrogens is 2. The molecule has 150 valence electrons. The Morgan fingerprint density at radius 1 is 1.07 bits per heavy atom. The monoisotopic (exact) mass is 419 g/mol. The Kier molecular flexibility index (Phi) is 4.68. The Morgan fingerprint density at radius 2 is 1.87 bits per heavy atom. The van der Waals surface area contributed by atoms with Crippen molar-refractivity contribution in [2.24, 2.45) is 0 Å². The lowest BCUT2D eigenvalue weighted by Gasteiger charge is -2.19. The fraction of sp³-hybridized carbons (Fsp3) is 0.136. The van der Waals surface area contributed by atoms with E-state index < -0.39 is 0 Å². The SMILES string of the molecule is O=C(Cn1cnc2sc(-c3ccccc3)cc2c1=O)Nc1ccc2c(c1)OCCO2. The molecule has 0 bridgehead atoms. The van der Waals surface area contributed by atoms with Gasteiger partial charge in [0.1, 0.15) is 24.6 Å². The van der Waals surface area contributed by atoms with Crippen molar-refractivity contribution in [3.63, 3.8) is 0 Å². The van der Waals surface area contributed by atoms with Gasteiger partial charge in [-0.2, -0.15) is 0 Å². The first kappa shape index (κ1) is 18.4. The molecule has 0 unspecified atom stereocenters. The van der Waals surface area contributed by atoms with E-state index in [2.05, 4.69) is 10.3 Å². The van der Waals surface area contributed by atoms with Crippen molar-refractivity contribution in [1.82, 2.24) is 9.55 Å². The number of nitrogens with zero attached hydrogens (tertiary/aromatic N) is 2. The first-order valence-corrected chi connectivity index (χ1v) is 10.2. The maximum absolute atomic E-state index is 12.9. The van der Waals surface area contributed by atoms with Gasteiger partial charge < -0.3 is 14.8 Å². The van der Waals surface area contributed by atoms with Crippen molar-refractivity contribution in [2.75, 3.05) is 18.5 Å². The average molecular weight is 419 g/mol. The second-order valence-corrected chi connectivity index (χ2v) is 7.81. The van der Waals surface area contributed by atoms with Gasteiger partial charge in [0, 0.05) is 16.6 Å². The summed E-state index contributed by atoms with van der Waals surface area (Å²) >= 11 is 1.46. The maximum atomic E-state index is 12.9. The standard InChI is InChI=1S/C22H17N3O4S/c26-20(24-15-6-7-17-18(10-15)29-9-8-28-17)12-25-13-23-21-16(22(25)27)11-19(30-21)14-4-2-1-3-5-14/h1-7,10-11,13H,8-9,12H2,(H,24,26). The molecule has 2 aromatic carbocycles. The van der Waals surface area contributed by atoms with Crippen LogP contribution in [0.25, 0.3) is 20.7 Å². The number of fused-ring (bicyclic) bond motifs is 2. The molecular weight excluding hydrogens is 402 g/mol. The van der Waals surface area contributed by atoms with E-state index in [-0.39, 0.29) is 18.0 Å². The van der Waals surface area contributed by atoms with Crippen LogP contribution in [0.5, 0.6) is 11.5 Å². The summed E-state index contributed by atoms with van der Waals surface area (Å²) < 4.78 is 12.3. The zero-order chi connectivity index (χ0) is 20.5. The molecule has 0 radical (unpaired) electrons. The number of carbonyl (C=O) groups is 1. The third-order valence-corrected chi connectivity index (χ3v) is 5.81. The molecule has 1 aliphatic rings. The number of nitrogens with one attached hydrogen (secondary N) is 1. The molecule has 0 saturated carbocycles. The smallest absolute Gasteiger partial charge is 0.262 e. The first-order chi connectivity index (χ1) is 14.7. The van der Waals surface area contributed by atoms with Crippen molar-refractivity contribution in [2.45, 2.75) is 6.54 Å². The molecule has 7 nitrogen and oxygen atoms in total. The number of hydrogen-bond acceptors (Lipinski definition) is 6. The number of thiophene rings is 1. The highest BCUT2D eigenvalue weighted by molar-refractivity contribution is 7.21. The minimum absolute atomic E-state index is 0.132. The van der Waals surface area contributed by atoms with Crippen LogP contribution in [-0.4, -0.2) is 28.7 Å². The molecule has 4 aromatic rings. The molecule has 0 atom stereocenters. The molecule has 1 aliphatic heterocycles. The van der Waals surface area contributed by atoms with Gasteiger partial charge in [0.15, 0.2) is 11.5 Å². The number of hydrogen-bond donors (Lipinski definition) is 1. The van der Waals surface area contributed by atoms with E-state index in [0.29, 0.717) is 40.6 Å². The van der Waals surface area contributed by atoms with E-state index in [4.69, 9.17) is 9.47 Å². The van der Waals surface area contributed by atoms with Gasteiger partial charge >= 0.3 is 0 Å². The maximum Gasteiger partial charge on any atom is 0.262 e. The predicted molar refractivity (Wildman–Crippen MR) is 115 cm³/mol. The molecule has 0 fully saturated rings. The van der Waals surface area contributed by atoms with Gasteiger partial charge in [0.05, 0.1) is 11.7 Å². The van der Waals surface area contributed by atoms with Gasteiger partial charge in [-0.1, -0.05) is 30.3 Å². The van der Waals surface area contributed by atoms with Gasteiger partial charge in [-0.05, 0) is 23.8 Å². The van der Waals surface area contributed by atoms with E-state index in [1.54, 1.807) is 18.2 Å². The van der Waals surface area contributed by atoms with E-state index in [9.17, 15) is 9.59 Å². The fourth-order valence-electron chi connectivity index (χ4n) is 3.29. The number of ether oxygens (including phenoxy) is 2. The van der Waals surface area contributed by atoms with Crippen LogP contribution < -0.4 is 20.3 Å². The molecule has 1 N–H and O–H groups in total. The number of anilines is 1. The molecule has 0 spiro atoms. The molecule has 1 amide bonds. The molecular formula is C22H17N3O4S. The molecule has 5 rings (SSSR count). The lowest BCUT2D eigenvalue weighted by atomic mass is 10.2. The summed E-state index contributed by atoms with van der Waals surface area (Å²) in [6.07, 6.45) is 1.42. The molecule has 2 aromatic heterocycles. The summed E-state index contributed by atoms with van der Waals surface area (Å²) in [6, 6.07) is 16.9. The quantitative estimate of drug-likeness (QED) is 0.547. The lowest BCUT2D eigenvalue weighted by Crippen LogP contribution is -2.27. The zero-order valence-electron chi connectivity index (χ0n) is 15.8. The largest absolute Gasteiger partial charge is 0.486 e. The summed E-state index contributed by atoms with van der Waals surface area (Å²) in [7, 11) is 0. The van der Waals surface area contributed by atoms with Crippen LogP contribution in [0, 0.1) is 0 Å².